The molecule has 12 heteroatoms. The quantitative estimate of drug-likeness (QED) is 0.515. The Labute approximate surface area is 162 Å². The number of β-lactam (4-membered cyclic amide) rings is 1. The lowest BCUT2D eigenvalue weighted by molar-refractivity contribution is -0.150. The van der Waals surface area contributed by atoms with Gasteiger partial charge in [-0.15, -0.1) is 11.8 Å². The van der Waals surface area contributed by atoms with Gasteiger partial charge in [0, 0.05) is 0 Å². The Kier molecular flexibility index (Phi) is 5.36. The number of benzene rings is 1. The zero-order valence-electron chi connectivity index (χ0n) is 14.3. The normalized spacial score (nSPS) is 22.1. The Hall–Kier alpha value is -2.21. The van der Waals surface area contributed by atoms with E-state index in [-0.39, 0.29) is 13.0 Å². The molecule has 1 amide bonds. The van der Waals surface area contributed by atoms with Crippen LogP contribution in [0.2, 0.25) is 0 Å². The summed E-state index contributed by atoms with van der Waals surface area (Å²) in [5, 5.41) is -0.858. The Morgan fingerprint density at radius 2 is 1.93 bits per heavy atom. The number of esters is 1. The molecule has 0 bridgehead atoms. The largest absolute Gasteiger partial charge is 0.498 e. The van der Waals surface area contributed by atoms with E-state index < -0.39 is 42.9 Å². The van der Waals surface area contributed by atoms with Gasteiger partial charge < -0.3 is 9.47 Å². The highest BCUT2D eigenvalue weighted by molar-refractivity contribution is 8.14. The van der Waals surface area contributed by atoms with E-state index in [2.05, 4.69) is 0 Å². The van der Waals surface area contributed by atoms with Crippen molar-refractivity contribution in [3.05, 3.63) is 41.6 Å². The van der Waals surface area contributed by atoms with Crippen molar-refractivity contribution < 1.29 is 40.7 Å². The van der Waals surface area contributed by atoms with Crippen LogP contribution in [0.5, 0.6) is 5.75 Å². The van der Waals surface area contributed by atoms with Gasteiger partial charge in [-0.05, 0) is 23.8 Å². The molecule has 28 heavy (non-hydrogen) atoms. The minimum atomic E-state index is -5.55. The summed E-state index contributed by atoms with van der Waals surface area (Å²) in [6.07, 6.45) is 0.467. The molecule has 2 aliphatic heterocycles. The van der Waals surface area contributed by atoms with Crippen LogP contribution in [0, 0.1) is 0 Å². The topological polar surface area (TPSA) is 90.0 Å². The minimum Gasteiger partial charge on any atom is -0.497 e. The number of thioether (sulfide) groups is 1. The van der Waals surface area contributed by atoms with Crippen LogP contribution in [0.1, 0.15) is 12.0 Å². The first-order valence-corrected chi connectivity index (χ1v) is 10.3. The molecule has 2 heterocycles. The molecule has 0 radical (unpaired) electrons. The molecular formula is C16H14F3NO6S2. The number of amides is 1. The maximum atomic E-state index is 12.9. The van der Waals surface area contributed by atoms with Crippen molar-refractivity contribution in [1.29, 1.82) is 0 Å². The number of rotatable bonds is 5. The summed E-state index contributed by atoms with van der Waals surface area (Å²) in [4.78, 5) is 25.1. The molecule has 1 unspecified atom stereocenters. The predicted octanol–water partition coefficient (Wildman–Crippen LogP) is 2.19. The fourth-order valence-corrected chi connectivity index (χ4v) is 5.57. The number of hydrogen-bond donors (Lipinski definition) is 0. The van der Waals surface area contributed by atoms with Crippen LogP contribution >= 0.6 is 11.8 Å². The van der Waals surface area contributed by atoms with E-state index in [1.807, 2.05) is 0 Å². The first-order valence-electron chi connectivity index (χ1n) is 7.84. The number of sulfone groups is 1. The van der Waals surface area contributed by atoms with E-state index in [1.54, 1.807) is 24.3 Å². The van der Waals surface area contributed by atoms with Crippen molar-refractivity contribution in [1.82, 2.24) is 4.90 Å². The summed E-state index contributed by atoms with van der Waals surface area (Å²) in [6.45, 7) is -0.212. The van der Waals surface area contributed by atoms with Gasteiger partial charge in [0.15, 0.2) is 0 Å². The smallest absolute Gasteiger partial charge is 0.497 e. The van der Waals surface area contributed by atoms with E-state index in [9.17, 15) is 31.2 Å². The number of fused-ring (bicyclic) bond motifs is 1. The first kappa shape index (κ1) is 20.5. The zero-order chi connectivity index (χ0) is 20.7. The molecule has 0 N–H and O–H groups in total. The van der Waals surface area contributed by atoms with Crippen LogP contribution in [-0.4, -0.2) is 47.8 Å². The fourth-order valence-electron chi connectivity index (χ4n) is 2.59. The van der Waals surface area contributed by atoms with Crippen molar-refractivity contribution in [2.45, 2.75) is 28.5 Å². The molecule has 0 saturated carbocycles. The highest BCUT2D eigenvalue weighted by atomic mass is 32.3. The van der Waals surface area contributed by atoms with Crippen molar-refractivity contribution in [3.63, 3.8) is 0 Å². The summed E-state index contributed by atoms with van der Waals surface area (Å²) in [5.41, 5.74) is -5.40. The molecule has 7 nitrogen and oxygen atoms in total. The number of alkyl halides is 3. The van der Waals surface area contributed by atoms with E-state index in [1.165, 1.54) is 7.11 Å². The van der Waals surface area contributed by atoms with Crippen LogP contribution in [0.4, 0.5) is 13.2 Å². The Morgan fingerprint density at radius 3 is 2.46 bits per heavy atom. The van der Waals surface area contributed by atoms with Crippen molar-refractivity contribution >= 4 is 33.5 Å². The second kappa shape index (κ2) is 7.32. The average molecular weight is 437 g/mol. The summed E-state index contributed by atoms with van der Waals surface area (Å²) in [6, 6.07) is 6.48. The summed E-state index contributed by atoms with van der Waals surface area (Å²) < 4.78 is 70.0. The van der Waals surface area contributed by atoms with E-state index in [0.717, 1.165) is 4.90 Å². The van der Waals surface area contributed by atoms with Gasteiger partial charge in [-0.3, -0.25) is 9.69 Å². The van der Waals surface area contributed by atoms with Gasteiger partial charge >= 0.3 is 11.5 Å². The second-order valence-electron chi connectivity index (χ2n) is 5.89. The number of hydrogen-bond acceptors (Lipinski definition) is 7. The Balaban J connectivity index is 1.80. The summed E-state index contributed by atoms with van der Waals surface area (Å²) in [5.74, 6) is -0.985. The van der Waals surface area contributed by atoms with Gasteiger partial charge in [0.2, 0.25) is 5.91 Å². The SMILES string of the molecule is COc1ccc(COC(=O)C2=CC(S(=O)(=O)C(F)(F)F)S[C@@H]3CC(=O)N23)cc1. The summed E-state index contributed by atoms with van der Waals surface area (Å²) in [7, 11) is -4.07. The monoisotopic (exact) mass is 437 g/mol. The molecule has 0 aliphatic carbocycles. The number of halogens is 3. The maximum absolute atomic E-state index is 12.9. The zero-order valence-corrected chi connectivity index (χ0v) is 15.9. The van der Waals surface area contributed by atoms with E-state index in [4.69, 9.17) is 9.47 Å². The molecule has 0 aromatic heterocycles. The lowest BCUT2D eigenvalue weighted by Crippen LogP contribution is -2.55. The molecule has 1 fully saturated rings. The number of carbonyl (C=O) groups is 2. The van der Waals surface area contributed by atoms with Crippen LogP contribution in [-0.2, 0) is 30.8 Å². The Bertz CT molecular complexity index is 927. The van der Waals surface area contributed by atoms with Crippen molar-refractivity contribution in [3.8, 4) is 5.75 Å². The predicted molar refractivity (Wildman–Crippen MR) is 92.5 cm³/mol. The third-order valence-corrected chi connectivity index (χ3v) is 7.70. The van der Waals surface area contributed by atoms with Crippen LogP contribution in [0.15, 0.2) is 36.0 Å². The summed E-state index contributed by atoms with van der Waals surface area (Å²) >= 11 is 0.458. The standard InChI is InChI=1S/C16H14F3NO6S2/c1-25-10-4-2-9(3-5-10)8-26-15(22)11-6-14(28(23,24)16(17,18)19)27-13-7-12(21)20(11)13/h2-6,13-14H,7-8H2,1H3/t13-,14?/m1/s1. The van der Waals surface area contributed by atoms with E-state index >= 15 is 0 Å². The molecule has 1 saturated heterocycles. The molecule has 1 aromatic rings. The first-order chi connectivity index (χ1) is 13.0. The second-order valence-corrected chi connectivity index (χ2v) is 9.58. The van der Waals surface area contributed by atoms with Gasteiger partial charge in [-0.25, -0.2) is 13.2 Å². The van der Waals surface area contributed by atoms with Gasteiger partial charge in [-0.2, -0.15) is 13.2 Å². The van der Waals surface area contributed by atoms with Gasteiger partial charge in [-0.1, -0.05) is 12.1 Å². The van der Waals surface area contributed by atoms with Gasteiger partial charge in [0.25, 0.3) is 9.84 Å². The molecule has 3 rings (SSSR count). The minimum absolute atomic E-state index is 0.155. The molecule has 1 aromatic carbocycles. The van der Waals surface area contributed by atoms with Crippen LogP contribution < -0.4 is 4.74 Å². The molecule has 2 aliphatic rings. The third kappa shape index (κ3) is 3.70. The van der Waals surface area contributed by atoms with Gasteiger partial charge in [0.05, 0.1) is 18.9 Å². The van der Waals surface area contributed by atoms with Crippen molar-refractivity contribution in [2.75, 3.05) is 7.11 Å². The van der Waals surface area contributed by atoms with Gasteiger partial charge in [0.1, 0.15) is 22.6 Å². The number of methoxy groups -OCH3 is 1. The molecule has 2 atom stereocenters. The average Bonchev–Trinajstić information content (AvgIpc) is 2.63. The lowest BCUT2D eigenvalue weighted by Gasteiger charge is -2.44. The molecular weight excluding hydrogens is 423 g/mol. The van der Waals surface area contributed by atoms with E-state index in [0.29, 0.717) is 29.2 Å². The lowest BCUT2D eigenvalue weighted by atomic mass is 10.1. The number of ether oxygens (including phenoxy) is 2. The van der Waals surface area contributed by atoms with Crippen molar-refractivity contribution in [2.24, 2.45) is 0 Å². The maximum Gasteiger partial charge on any atom is 0.498 e. The number of carbonyl (C=O) groups excluding carboxylic acids is 2. The highest BCUT2D eigenvalue weighted by Crippen LogP contribution is 2.45. The molecule has 0 spiro atoms. The number of nitrogens with zero attached hydrogens (tertiary/aromatic N) is 1. The van der Waals surface area contributed by atoms with Crippen LogP contribution in [0.25, 0.3) is 0 Å². The highest BCUT2D eigenvalue weighted by Gasteiger charge is 2.56. The third-order valence-electron chi connectivity index (χ3n) is 4.12. The fraction of sp³-hybridized carbons (Fsp3) is 0.375. The Morgan fingerprint density at radius 1 is 1.29 bits per heavy atom. The van der Waals surface area contributed by atoms with Crippen LogP contribution in [0.3, 0.4) is 0 Å². The molecule has 152 valence electrons.